The maximum absolute atomic E-state index is 2.24. The van der Waals surface area contributed by atoms with Gasteiger partial charge in [-0.2, -0.15) is 23.8 Å². The van der Waals surface area contributed by atoms with E-state index in [2.05, 4.69) is 67.1 Å². The van der Waals surface area contributed by atoms with Gasteiger partial charge in [-0.25, -0.2) is 24.6 Å². The first-order chi connectivity index (χ1) is 9.95. The third-order valence-corrected chi connectivity index (χ3v) is 3.00. The van der Waals surface area contributed by atoms with Crippen LogP contribution in [0.4, 0.5) is 0 Å². The van der Waals surface area contributed by atoms with Crippen LogP contribution in [0, 0.1) is 6.42 Å². The summed E-state index contributed by atoms with van der Waals surface area (Å²) in [6.07, 6.45) is 15.0. The third kappa shape index (κ3) is 7.51. The fourth-order valence-electron chi connectivity index (χ4n) is 1.93. The molecule has 1 heteroatoms. The van der Waals surface area contributed by atoms with Crippen molar-refractivity contribution in [3.8, 4) is 0 Å². The standard InChI is InChI=1S/C15H15.C5H5.Fe/c1-2-8-14(9-3-1)10-4-5-11-15-12-6-7-13-15;1-2-4-5-3-1;/h1-3,5-9,11-13H,4,10H2;1-5H;/q2*-1;+2. The van der Waals surface area contributed by atoms with E-state index in [4.69, 9.17) is 0 Å². The second-order valence-corrected chi connectivity index (χ2v) is 4.61. The Kier molecular flexibility index (Phi) is 8.95. The molecule has 0 atom stereocenters. The summed E-state index contributed by atoms with van der Waals surface area (Å²) in [4.78, 5) is 0. The van der Waals surface area contributed by atoms with Gasteiger partial charge in [0.05, 0.1) is 0 Å². The van der Waals surface area contributed by atoms with Gasteiger partial charge < -0.3 is 0 Å². The van der Waals surface area contributed by atoms with E-state index in [9.17, 15) is 0 Å². The topological polar surface area (TPSA) is 0 Å². The van der Waals surface area contributed by atoms with Crippen LogP contribution in [0.25, 0.3) is 0 Å². The molecular formula is C20H20Fe. The van der Waals surface area contributed by atoms with Crippen molar-refractivity contribution in [2.24, 2.45) is 0 Å². The number of rotatable bonds is 4. The van der Waals surface area contributed by atoms with Gasteiger partial charge in [0.25, 0.3) is 0 Å². The molecule has 0 aliphatic heterocycles. The number of hydrogen-bond donors (Lipinski definition) is 0. The Morgan fingerprint density at radius 1 is 0.905 bits per heavy atom. The Labute approximate surface area is 138 Å². The summed E-state index contributed by atoms with van der Waals surface area (Å²) in [5, 5.41) is 0. The molecule has 108 valence electrons. The van der Waals surface area contributed by atoms with Crippen LogP contribution in [-0.2, 0) is 23.5 Å². The van der Waals surface area contributed by atoms with Gasteiger partial charge in [0.15, 0.2) is 0 Å². The van der Waals surface area contributed by atoms with E-state index in [-0.39, 0.29) is 17.1 Å². The third-order valence-electron chi connectivity index (χ3n) is 3.00. The van der Waals surface area contributed by atoms with Crippen molar-refractivity contribution in [3.63, 3.8) is 0 Å². The van der Waals surface area contributed by atoms with Crippen molar-refractivity contribution in [2.75, 3.05) is 0 Å². The molecule has 0 heterocycles. The van der Waals surface area contributed by atoms with Crippen LogP contribution in [0.1, 0.15) is 12.0 Å². The van der Waals surface area contributed by atoms with Crippen LogP contribution in [-0.4, -0.2) is 0 Å². The molecular weight excluding hydrogens is 296 g/mol. The summed E-state index contributed by atoms with van der Waals surface area (Å²) < 4.78 is 0. The van der Waals surface area contributed by atoms with Gasteiger partial charge in [0.1, 0.15) is 0 Å². The minimum atomic E-state index is 0. The Morgan fingerprint density at radius 2 is 1.57 bits per heavy atom. The molecule has 1 aliphatic rings. The quantitative estimate of drug-likeness (QED) is 0.409. The Hall–Kier alpha value is -1.82. The summed E-state index contributed by atoms with van der Waals surface area (Å²) in [5.41, 5.74) is 2.70. The zero-order valence-electron chi connectivity index (χ0n) is 12.0. The van der Waals surface area contributed by atoms with E-state index >= 15 is 0 Å². The van der Waals surface area contributed by atoms with Crippen molar-refractivity contribution >= 4 is 0 Å². The molecule has 3 rings (SSSR count). The molecule has 0 radical (unpaired) electrons. The van der Waals surface area contributed by atoms with Gasteiger partial charge in [0.2, 0.25) is 0 Å². The van der Waals surface area contributed by atoms with Crippen LogP contribution in [0.3, 0.4) is 0 Å². The van der Waals surface area contributed by atoms with Crippen LogP contribution < -0.4 is 0 Å². The summed E-state index contributed by atoms with van der Waals surface area (Å²) in [7, 11) is 0. The van der Waals surface area contributed by atoms with Gasteiger partial charge in [-0.15, -0.1) is 12.2 Å². The van der Waals surface area contributed by atoms with E-state index < -0.39 is 0 Å². The minimum absolute atomic E-state index is 0. The normalized spacial score (nSPS) is 11.3. The SMILES string of the molecule is C1=CC(=C[CH-]CCc2ccccc2)C=C1.[Fe+2].c1cc[cH-]c1. The fourth-order valence-corrected chi connectivity index (χ4v) is 1.93. The average molecular weight is 316 g/mol. The largest absolute Gasteiger partial charge is 2.00 e. The van der Waals surface area contributed by atoms with Crippen LogP contribution >= 0.6 is 0 Å². The van der Waals surface area contributed by atoms with Gasteiger partial charge in [-0.05, 0) is 12.0 Å². The van der Waals surface area contributed by atoms with E-state index in [1.54, 1.807) is 0 Å². The molecule has 0 aromatic heterocycles. The molecule has 0 spiro atoms. The van der Waals surface area contributed by atoms with Crippen molar-refractivity contribution in [1.29, 1.82) is 0 Å². The molecule has 0 N–H and O–H groups in total. The number of benzene rings is 1. The summed E-state index contributed by atoms with van der Waals surface area (Å²) in [6.45, 7) is 0. The summed E-state index contributed by atoms with van der Waals surface area (Å²) in [5.74, 6) is 0. The number of unbranched alkanes of at least 4 members (excludes halogenated alkanes) is 1. The molecule has 0 fully saturated rings. The maximum Gasteiger partial charge on any atom is 2.00 e. The fraction of sp³-hybridized carbons (Fsp3) is 0.100. The first-order valence-electron chi connectivity index (χ1n) is 7.04. The molecule has 0 unspecified atom stereocenters. The molecule has 21 heavy (non-hydrogen) atoms. The van der Waals surface area contributed by atoms with Crippen molar-refractivity contribution in [3.05, 3.63) is 109 Å². The van der Waals surface area contributed by atoms with Crippen LogP contribution in [0.15, 0.2) is 96.6 Å². The maximum atomic E-state index is 2.24. The van der Waals surface area contributed by atoms with Gasteiger partial charge in [-0.1, -0.05) is 48.9 Å². The first kappa shape index (κ1) is 17.2. The summed E-state index contributed by atoms with van der Waals surface area (Å²) >= 11 is 0. The van der Waals surface area contributed by atoms with Crippen LogP contribution in [0.5, 0.6) is 0 Å². The number of allylic oxidation sites excluding steroid dienone is 6. The van der Waals surface area contributed by atoms with E-state index in [1.165, 1.54) is 11.1 Å². The molecule has 0 bridgehead atoms. The van der Waals surface area contributed by atoms with Gasteiger partial charge in [0, 0.05) is 0 Å². The first-order valence-corrected chi connectivity index (χ1v) is 7.04. The smallest absolute Gasteiger partial charge is 0.229 e. The number of hydrogen-bond acceptors (Lipinski definition) is 0. The average Bonchev–Trinajstić information content (AvgIpc) is 3.20. The molecule has 2 aromatic rings. The van der Waals surface area contributed by atoms with Crippen molar-refractivity contribution in [1.82, 2.24) is 0 Å². The van der Waals surface area contributed by atoms with Gasteiger partial charge in [-0.3, -0.25) is 0 Å². The molecule has 2 aromatic carbocycles. The second-order valence-electron chi connectivity index (χ2n) is 4.61. The Balaban J connectivity index is 0.000000313. The molecule has 0 nitrogen and oxygen atoms in total. The molecule has 0 saturated heterocycles. The Bertz CT molecular complexity index is 514. The molecule has 1 aliphatic carbocycles. The zero-order chi connectivity index (χ0) is 13.9. The minimum Gasteiger partial charge on any atom is -0.229 e. The van der Waals surface area contributed by atoms with Gasteiger partial charge >= 0.3 is 17.1 Å². The van der Waals surface area contributed by atoms with E-state index in [0.29, 0.717) is 0 Å². The van der Waals surface area contributed by atoms with E-state index in [0.717, 1.165) is 12.8 Å². The monoisotopic (exact) mass is 316 g/mol. The van der Waals surface area contributed by atoms with E-state index in [1.807, 2.05) is 30.3 Å². The predicted octanol–water partition coefficient (Wildman–Crippen LogP) is 5.28. The molecule has 0 saturated carbocycles. The Morgan fingerprint density at radius 3 is 2.14 bits per heavy atom. The summed E-state index contributed by atoms with van der Waals surface area (Å²) in [6, 6.07) is 20.6. The van der Waals surface area contributed by atoms with Crippen molar-refractivity contribution in [2.45, 2.75) is 12.8 Å². The zero-order valence-corrected chi connectivity index (χ0v) is 13.1. The van der Waals surface area contributed by atoms with Crippen LogP contribution in [0.2, 0.25) is 0 Å². The second kappa shape index (κ2) is 10.9. The number of aryl methyl sites for hydroxylation is 1. The van der Waals surface area contributed by atoms with Crippen molar-refractivity contribution < 1.29 is 17.1 Å². The molecule has 0 amide bonds. The predicted molar refractivity (Wildman–Crippen MR) is 87.5 cm³/mol.